The van der Waals surface area contributed by atoms with Gasteiger partial charge in [-0.05, 0) is 49.2 Å². The molecule has 0 aliphatic carbocycles. The first-order chi connectivity index (χ1) is 16.8. The number of carbonyl (C=O) groups excluding carboxylic acids is 3. The maximum Gasteiger partial charge on any atom is 0.411 e. The van der Waals surface area contributed by atoms with Gasteiger partial charge in [-0.15, -0.1) is 0 Å². The molecule has 0 bridgehead atoms. The third kappa shape index (κ3) is 7.81. The molecule has 0 spiro atoms. The molecule has 2 aromatic carbocycles. The van der Waals surface area contributed by atoms with Gasteiger partial charge in [-0.25, -0.2) is 14.8 Å². The number of hydrogen-bond donors (Lipinski definition) is 3. The molecule has 3 N–H and O–H groups in total. The van der Waals surface area contributed by atoms with Crippen molar-refractivity contribution in [2.45, 2.75) is 33.0 Å². The van der Waals surface area contributed by atoms with Gasteiger partial charge in [0.25, 0.3) is 11.8 Å². The van der Waals surface area contributed by atoms with E-state index < -0.39 is 17.9 Å². The number of amides is 3. The molecule has 0 aliphatic rings. The number of benzene rings is 2. The van der Waals surface area contributed by atoms with Crippen molar-refractivity contribution in [1.82, 2.24) is 20.6 Å². The van der Waals surface area contributed by atoms with Crippen molar-refractivity contribution < 1.29 is 23.9 Å². The lowest BCUT2D eigenvalue weighted by molar-refractivity contribution is 0.0944. The van der Waals surface area contributed by atoms with Crippen LogP contribution in [0.25, 0.3) is 0 Å². The summed E-state index contributed by atoms with van der Waals surface area (Å²) in [5, 5.41) is 8.15. The first-order valence-electron chi connectivity index (χ1n) is 10.9. The second kappa shape index (κ2) is 12.1. The minimum atomic E-state index is -0.556. The van der Waals surface area contributed by atoms with Gasteiger partial charge in [0.15, 0.2) is 0 Å². The van der Waals surface area contributed by atoms with Gasteiger partial charge in [0.1, 0.15) is 23.5 Å². The maximum atomic E-state index is 12.6. The van der Waals surface area contributed by atoms with Gasteiger partial charge in [0, 0.05) is 24.8 Å². The summed E-state index contributed by atoms with van der Waals surface area (Å²) in [5.41, 5.74) is 2.29. The van der Waals surface area contributed by atoms with Crippen LogP contribution in [0.2, 0.25) is 0 Å². The highest BCUT2D eigenvalue weighted by Gasteiger charge is 2.14. The van der Waals surface area contributed by atoms with Gasteiger partial charge < -0.3 is 20.1 Å². The van der Waals surface area contributed by atoms with Crippen molar-refractivity contribution in [3.63, 3.8) is 0 Å². The SMILES string of the molecule is COc1cccc(CNC(=O)c2cc(C(=O)NCc3cccc(NC(=O)OC(C)C)c3)ncn2)c1. The van der Waals surface area contributed by atoms with E-state index in [1.807, 2.05) is 24.3 Å². The molecule has 0 saturated heterocycles. The molecular weight excluding hydrogens is 450 g/mol. The summed E-state index contributed by atoms with van der Waals surface area (Å²) in [6.07, 6.45) is 0.374. The van der Waals surface area contributed by atoms with Crippen LogP contribution in [0, 0.1) is 0 Å². The Bertz CT molecular complexity index is 1200. The molecule has 3 rings (SSSR count). The molecule has 0 saturated carbocycles. The Morgan fingerprint density at radius 2 is 1.46 bits per heavy atom. The molecule has 3 amide bonds. The molecule has 182 valence electrons. The number of anilines is 1. The highest BCUT2D eigenvalue weighted by Crippen LogP contribution is 2.13. The summed E-state index contributed by atoms with van der Waals surface area (Å²) in [7, 11) is 1.57. The van der Waals surface area contributed by atoms with Crippen molar-refractivity contribution in [3.8, 4) is 5.75 Å². The van der Waals surface area contributed by atoms with Gasteiger partial charge in [0.2, 0.25) is 0 Å². The Kier molecular flexibility index (Phi) is 8.71. The molecule has 0 radical (unpaired) electrons. The fourth-order valence-corrected chi connectivity index (χ4v) is 3.05. The van der Waals surface area contributed by atoms with E-state index in [-0.39, 0.29) is 30.6 Å². The lowest BCUT2D eigenvalue weighted by atomic mass is 10.2. The molecule has 0 fully saturated rings. The Labute approximate surface area is 203 Å². The van der Waals surface area contributed by atoms with Crippen molar-refractivity contribution in [2.75, 3.05) is 12.4 Å². The van der Waals surface area contributed by atoms with Gasteiger partial charge in [0.05, 0.1) is 13.2 Å². The van der Waals surface area contributed by atoms with Crippen LogP contribution in [0.4, 0.5) is 10.5 Å². The average molecular weight is 478 g/mol. The average Bonchev–Trinajstić information content (AvgIpc) is 2.85. The van der Waals surface area contributed by atoms with Crippen LogP contribution in [0.15, 0.2) is 60.9 Å². The fourth-order valence-electron chi connectivity index (χ4n) is 3.05. The fraction of sp³-hybridized carbons (Fsp3) is 0.240. The quantitative estimate of drug-likeness (QED) is 0.431. The molecule has 0 unspecified atom stereocenters. The first kappa shape index (κ1) is 25.2. The van der Waals surface area contributed by atoms with E-state index in [1.54, 1.807) is 45.2 Å². The lowest BCUT2D eigenvalue weighted by Crippen LogP contribution is -2.27. The van der Waals surface area contributed by atoms with Crippen LogP contribution in [0.3, 0.4) is 0 Å². The van der Waals surface area contributed by atoms with E-state index in [4.69, 9.17) is 9.47 Å². The molecule has 10 nitrogen and oxygen atoms in total. The maximum absolute atomic E-state index is 12.6. The number of ether oxygens (including phenoxy) is 2. The van der Waals surface area contributed by atoms with E-state index in [0.717, 1.165) is 11.1 Å². The number of aromatic nitrogens is 2. The molecule has 1 heterocycles. The summed E-state index contributed by atoms with van der Waals surface area (Å²) in [5.74, 6) is -0.210. The topological polar surface area (TPSA) is 132 Å². The molecule has 0 atom stereocenters. The van der Waals surface area contributed by atoms with Crippen molar-refractivity contribution >= 4 is 23.6 Å². The normalized spacial score (nSPS) is 10.4. The first-order valence-corrected chi connectivity index (χ1v) is 10.9. The monoisotopic (exact) mass is 477 g/mol. The Balaban J connectivity index is 1.56. The smallest absolute Gasteiger partial charge is 0.411 e. The number of hydrogen-bond acceptors (Lipinski definition) is 7. The number of nitrogens with zero attached hydrogens (tertiary/aromatic N) is 2. The minimum absolute atomic E-state index is 0.0568. The zero-order valence-electron chi connectivity index (χ0n) is 19.7. The third-order valence-electron chi connectivity index (χ3n) is 4.69. The van der Waals surface area contributed by atoms with E-state index in [1.165, 1.54) is 12.4 Å². The van der Waals surface area contributed by atoms with Gasteiger partial charge >= 0.3 is 6.09 Å². The van der Waals surface area contributed by atoms with Crippen LogP contribution in [-0.2, 0) is 17.8 Å². The second-order valence-electron chi connectivity index (χ2n) is 7.78. The molecular formula is C25H27N5O5. The Hall–Kier alpha value is -4.47. The largest absolute Gasteiger partial charge is 0.497 e. The number of methoxy groups -OCH3 is 1. The third-order valence-corrected chi connectivity index (χ3v) is 4.69. The Morgan fingerprint density at radius 3 is 2.06 bits per heavy atom. The van der Waals surface area contributed by atoms with Crippen LogP contribution < -0.4 is 20.7 Å². The predicted molar refractivity (Wildman–Crippen MR) is 129 cm³/mol. The zero-order valence-corrected chi connectivity index (χ0v) is 19.7. The molecule has 1 aromatic heterocycles. The van der Waals surface area contributed by atoms with Gasteiger partial charge in [-0.1, -0.05) is 24.3 Å². The summed E-state index contributed by atoms with van der Waals surface area (Å²) in [6.45, 7) is 3.98. The van der Waals surface area contributed by atoms with E-state index in [2.05, 4.69) is 25.9 Å². The number of carbonyl (C=O) groups is 3. The van der Waals surface area contributed by atoms with Crippen molar-refractivity contribution in [3.05, 3.63) is 83.4 Å². The van der Waals surface area contributed by atoms with Crippen LogP contribution in [-0.4, -0.2) is 41.1 Å². The molecule has 3 aromatic rings. The summed E-state index contributed by atoms with van der Waals surface area (Å²) < 4.78 is 10.2. The second-order valence-corrected chi connectivity index (χ2v) is 7.78. The molecule has 35 heavy (non-hydrogen) atoms. The van der Waals surface area contributed by atoms with Crippen LogP contribution >= 0.6 is 0 Å². The van der Waals surface area contributed by atoms with Crippen LogP contribution in [0.1, 0.15) is 46.0 Å². The summed E-state index contributed by atoms with van der Waals surface area (Å²) >= 11 is 0. The summed E-state index contributed by atoms with van der Waals surface area (Å²) in [6, 6.07) is 15.6. The van der Waals surface area contributed by atoms with Crippen molar-refractivity contribution in [2.24, 2.45) is 0 Å². The lowest BCUT2D eigenvalue weighted by Gasteiger charge is -2.11. The number of nitrogens with one attached hydrogen (secondary N) is 3. The van der Waals surface area contributed by atoms with E-state index in [0.29, 0.717) is 11.4 Å². The van der Waals surface area contributed by atoms with Crippen LogP contribution in [0.5, 0.6) is 5.75 Å². The van der Waals surface area contributed by atoms with Gasteiger partial charge in [-0.2, -0.15) is 0 Å². The Morgan fingerprint density at radius 1 is 0.857 bits per heavy atom. The minimum Gasteiger partial charge on any atom is -0.497 e. The van der Waals surface area contributed by atoms with E-state index >= 15 is 0 Å². The van der Waals surface area contributed by atoms with Gasteiger partial charge in [-0.3, -0.25) is 14.9 Å². The van der Waals surface area contributed by atoms with Crippen molar-refractivity contribution in [1.29, 1.82) is 0 Å². The highest BCUT2D eigenvalue weighted by atomic mass is 16.6. The molecule has 0 aliphatic heterocycles. The van der Waals surface area contributed by atoms with E-state index in [9.17, 15) is 14.4 Å². The summed E-state index contributed by atoms with van der Waals surface area (Å²) in [4.78, 5) is 44.8. The standard InChI is InChI=1S/C25H27N5O5/c1-16(2)35-25(33)30-19-8-4-6-17(10-19)13-26-23(31)21-12-22(29-15-28-21)24(32)27-14-18-7-5-9-20(11-18)34-3/h4-12,15-16H,13-14H2,1-3H3,(H,26,31)(H,27,32)(H,30,33). The number of rotatable bonds is 9. The zero-order chi connectivity index (χ0) is 25.2. The molecule has 10 heteroatoms. The predicted octanol–water partition coefficient (Wildman–Crippen LogP) is 3.30. The highest BCUT2D eigenvalue weighted by molar-refractivity contribution is 5.97.